The van der Waals surface area contributed by atoms with Crippen molar-refractivity contribution in [1.82, 2.24) is 9.78 Å². The van der Waals surface area contributed by atoms with Crippen LogP contribution in [0.2, 0.25) is 0 Å². The molecule has 2 N–H and O–H groups in total. The highest BCUT2D eigenvalue weighted by Crippen LogP contribution is 2.34. The fraction of sp³-hybridized carbons (Fsp3) is 0.0800. The first-order valence-electron chi connectivity index (χ1n) is 10.2. The summed E-state index contributed by atoms with van der Waals surface area (Å²) in [5.41, 5.74) is 0.0352. The molecule has 3 aromatic carbocycles. The van der Waals surface area contributed by atoms with E-state index in [1.165, 1.54) is 18.2 Å². The number of carbonyl (C=O) groups excluding carboxylic acids is 2. The molecule has 0 aliphatic carbocycles. The molecule has 0 spiro atoms. The number of halogens is 3. The largest absolute Gasteiger partial charge is 0.434 e. The molecule has 0 aliphatic rings. The molecule has 0 bridgehead atoms. The molecule has 34 heavy (non-hydrogen) atoms. The van der Waals surface area contributed by atoms with Crippen LogP contribution in [0.25, 0.3) is 5.69 Å². The summed E-state index contributed by atoms with van der Waals surface area (Å²) < 4.78 is 42.5. The van der Waals surface area contributed by atoms with Crippen molar-refractivity contribution in [2.75, 3.05) is 10.6 Å². The standard InChI is InChI=1S/C25H19F3N4O2/c1-16-8-5-6-13-21(16)32-22(25(26,27)28)20(15-29-32)24(34)31-19-12-7-11-18(14-19)30-23(33)17-9-3-2-4-10-17/h2-15H,1H3,(H,30,33)(H,31,34). The van der Waals surface area contributed by atoms with Gasteiger partial charge in [0.05, 0.1) is 17.4 Å². The molecular formula is C25H19F3N4O2. The van der Waals surface area contributed by atoms with E-state index in [0.29, 0.717) is 16.8 Å². The lowest BCUT2D eigenvalue weighted by Gasteiger charge is -2.14. The minimum absolute atomic E-state index is 0.215. The summed E-state index contributed by atoms with van der Waals surface area (Å²) in [6, 6.07) is 21.1. The zero-order chi connectivity index (χ0) is 24.3. The molecule has 0 saturated heterocycles. The predicted octanol–water partition coefficient (Wildman–Crippen LogP) is 5.70. The Bertz CT molecular complexity index is 1350. The summed E-state index contributed by atoms with van der Waals surface area (Å²) in [6.07, 6.45) is -3.93. The summed E-state index contributed by atoms with van der Waals surface area (Å²) in [6.45, 7) is 1.66. The number of hydrogen-bond donors (Lipinski definition) is 2. The van der Waals surface area contributed by atoms with E-state index in [2.05, 4.69) is 15.7 Å². The number of nitrogens with zero attached hydrogens (tertiary/aromatic N) is 2. The zero-order valence-corrected chi connectivity index (χ0v) is 17.9. The van der Waals surface area contributed by atoms with Crippen LogP contribution >= 0.6 is 0 Å². The van der Waals surface area contributed by atoms with Crippen molar-refractivity contribution in [3.8, 4) is 5.69 Å². The SMILES string of the molecule is Cc1ccccc1-n1ncc(C(=O)Nc2cccc(NC(=O)c3ccccc3)c2)c1C(F)(F)F. The third kappa shape index (κ3) is 4.83. The average Bonchev–Trinajstić information content (AvgIpc) is 3.26. The highest BCUT2D eigenvalue weighted by atomic mass is 19.4. The van der Waals surface area contributed by atoms with Crippen LogP contribution in [-0.2, 0) is 6.18 Å². The minimum Gasteiger partial charge on any atom is -0.322 e. The first-order chi connectivity index (χ1) is 16.2. The van der Waals surface area contributed by atoms with Gasteiger partial charge in [0.1, 0.15) is 0 Å². The molecule has 6 nitrogen and oxygen atoms in total. The third-order valence-electron chi connectivity index (χ3n) is 5.04. The van der Waals surface area contributed by atoms with E-state index >= 15 is 0 Å². The van der Waals surface area contributed by atoms with E-state index in [0.717, 1.165) is 10.9 Å². The van der Waals surface area contributed by atoms with Crippen LogP contribution in [0.3, 0.4) is 0 Å². The van der Waals surface area contributed by atoms with Crippen LogP contribution in [0.1, 0.15) is 32.0 Å². The molecule has 1 aromatic heterocycles. The van der Waals surface area contributed by atoms with Crippen molar-refractivity contribution < 1.29 is 22.8 Å². The number of benzene rings is 3. The van der Waals surface area contributed by atoms with Crippen molar-refractivity contribution in [3.63, 3.8) is 0 Å². The van der Waals surface area contributed by atoms with Crippen molar-refractivity contribution in [3.05, 3.63) is 107 Å². The molecule has 4 aromatic rings. The summed E-state index contributed by atoms with van der Waals surface area (Å²) in [5, 5.41) is 9.00. The van der Waals surface area contributed by atoms with E-state index < -0.39 is 23.3 Å². The maximum Gasteiger partial charge on any atom is 0.434 e. The number of aryl methyl sites for hydroxylation is 1. The lowest BCUT2D eigenvalue weighted by atomic mass is 10.1. The van der Waals surface area contributed by atoms with Gasteiger partial charge in [-0.2, -0.15) is 18.3 Å². The Morgan fingerprint density at radius 3 is 2.09 bits per heavy atom. The van der Waals surface area contributed by atoms with Gasteiger partial charge < -0.3 is 10.6 Å². The van der Waals surface area contributed by atoms with Crippen LogP contribution in [0.5, 0.6) is 0 Å². The Morgan fingerprint density at radius 1 is 0.824 bits per heavy atom. The number of anilines is 2. The summed E-state index contributed by atoms with van der Waals surface area (Å²) in [4.78, 5) is 25.2. The van der Waals surface area contributed by atoms with Crippen molar-refractivity contribution >= 4 is 23.2 Å². The number of nitrogens with one attached hydrogen (secondary N) is 2. The van der Waals surface area contributed by atoms with E-state index in [1.807, 2.05) is 0 Å². The van der Waals surface area contributed by atoms with E-state index in [-0.39, 0.29) is 17.3 Å². The Balaban J connectivity index is 1.60. The summed E-state index contributed by atoms with van der Waals surface area (Å²) >= 11 is 0. The number of rotatable bonds is 5. The Hall–Kier alpha value is -4.40. The normalized spacial score (nSPS) is 11.2. The first-order valence-corrected chi connectivity index (χ1v) is 10.2. The fourth-order valence-electron chi connectivity index (χ4n) is 3.44. The van der Waals surface area contributed by atoms with Crippen LogP contribution in [0.15, 0.2) is 85.1 Å². The van der Waals surface area contributed by atoms with Crippen LogP contribution in [-0.4, -0.2) is 21.6 Å². The molecule has 0 radical (unpaired) electrons. The van der Waals surface area contributed by atoms with Gasteiger partial charge in [0.15, 0.2) is 5.69 Å². The quantitative estimate of drug-likeness (QED) is 0.398. The monoisotopic (exact) mass is 464 g/mol. The van der Waals surface area contributed by atoms with Gasteiger partial charge in [0.2, 0.25) is 0 Å². The number of alkyl halides is 3. The maximum absolute atomic E-state index is 13.9. The molecule has 0 unspecified atom stereocenters. The van der Waals surface area contributed by atoms with E-state index in [1.54, 1.807) is 67.6 Å². The second-order valence-corrected chi connectivity index (χ2v) is 7.46. The predicted molar refractivity (Wildman–Crippen MR) is 122 cm³/mol. The average molecular weight is 464 g/mol. The number of amides is 2. The summed E-state index contributed by atoms with van der Waals surface area (Å²) in [5.74, 6) is -1.33. The number of carbonyl (C=O) groups is 2. The van der Waals surface area contributed by atoms with Crippen molar-refractivity contribution in [2.24, 2.45) is 0 Å². The highest BCUT2D eigenvalue weighted by molar-refractivity contribution is 6.07. The zero-order valence-electron chi connectivity index (χ0n) is 17.9. The molecule has 2 amide bonds. The number of aromatic nitrogens is 2. The smallest absolute Gasteiger partial charge is 0.322 e. The molecule has 1 heterocycles. The first kappa shape index (κ1) is 22.8. The molecule has 0 saturated carbocycles. The van der Waals surface area contributed by atoms with Gasteiger partial charge in [0.25, 0.3) is 11.8 Å². The van der Waals surface area contributed by atoms with Gasteiger partial charge >= 0.3 is 6.18 Å². The number of para-hydroxylation sites is 1. The molecule has 0 aliphatic heterocycles. The molecule has 4 rings (SSSR count). The molecule has 0 atom stereocenters. The minimum atomic E-state index is -4.82. The van der Waals surface area contributed by atoms with Crippen LogP contribution < -0.4 is 10.6 Å². The topological polar surface area (TPSA) is 76.0 Å². The highest BCUT2D eigenvalue weighted by Gasteiger charge is 2.40. The molecule has 9 heteroatoms. The third-order valence-corrected chi connectivity index (χ3v) is 5.04. The fourth-order valence-corrected chi connectivity index (χ4v) is 3.44. The van der Waals surface area contributed by atoms with Gasteiger partial charge in [-0.05, 0) is 48.9 Å². The molecule has 0 fully saturated rings. The Morgan fingerprint density at radius 2 is 1.44 bits per heavy atom. The number of hydrogen-bond acceptors (Lipinski definition) is 3. The van der Waals surface area contributed by atoms with Gasteiger partial charge in [-0.3, -0.25) is 9.59 Å². The Labute approximate surface area is 193 Å². The van der Waals surface area contributed by atoms with Gasteiger partial charge in [0, 0.05) is 16.9 Å². The van der Waals surface area contributed by atoms with Crippen LogP contribution in [0.4, 0.5) is 24.5 Å². The second kappa shape index (κ2) is 9.22. The molecular weight excluding hydrogens is 445 g/mol. The van der Waals surface area contributed by atoms with E-state index in [4.69, 9.17) is 0 Å². The maximum atomic E-state index is 13.9. The van der Waals surface area contributed by atoms with Gasteiger partial charge in [-0.15, -0.1) is 0 Å². The lowest BCUT2D eigenvalue weighted by Crippen LogP contribution is -2.21. The van der Waals surface area contributed by atoms with Crippen molar-refractivity contribution in [1.29, 1.82) is 0 Å². The molecule has 172 valence electrons. The lowest BCUT2D eigenvalue weighted by molar-refractivity contribution is -0.143. The van der Waals surface area contributed by atoms with Crippen LogP contribution in [0, 0.1) is 6.92 Å². The second-order valence-electron chi connectivity index (χ2n) is 7.46. The van der Waals surface area contributed by atoms with Gasteiger partial charge in [-0.1, -0.05) is 42.5 Å². The Kier molecular flexibility index (Phi) is 6.18. The van der Waals surface area contributed by atoms with Gasteiger partial charge in [-0.25, -0.2) is 4.68 Å². The summed E-state index contributed by atoms with van der Waals surface area (Å²) in [7, 11) is 0. The van der Waals surface area contributed by atoms with E-state index in [9.17, 15) is 22.8 Å². The van der Waals surface area contributed by atoms with Crippen molar-refractivity contribution in [2.45, 2.75) is 13.1 Å².